The van der Waals surface area contributed by atoms with Crippen molar-refractivity contribution in [3.05, 3.63) is 45.7 Å². The second-order valence-corrected chi connectivity index (χ2v) is 6.59. The van der Waals surface area contributed by atoms with Crippen molar-refractivity contribution >= 4 is 16.8 Å². The number of rotatable bonds is 3. The van der Waals surface area contributed by atoms with Gasteiger partial charge in [-0.1, -0.05) is 18.9 Å². The highest BCUT2D eigenvalue weighted by Gasteiger charge is 2.26. The number of aliphatic hydroxyl groups is 1. The number of amides is 1. The molecule has 5 nitrogen and oxygen atoms in total. The standard InChI is InChI=1S/C19H24N2O3/c1-13-11-18(23)20-17-12-14(6-7-16(13)17)19(24)21-9-4-2-3-5-15(21)8-10-22/h6-7,11-12,15,22H,2-5,8-10H2,1H3,(H,20,23). The van der Waals surface area contributed by atoms with E-state index in [1.165, 1.54) is 0 Å². The highest BCUT2D eigenvalue weighted by atomic mass is 16.3. The van der Waals surface area contributed by atoms with E-state index in [4.69, 9.17) is 0 Å². The Kier molecular flexibility index (Phi) is 5.00. The number of nitrogens with one attached hydrogen (secondary N) is 1. The van der Waals surface area contributed by atoms with Crippen molar-refractivity contribution < 1.29 is 9.90 Å². The molecule has 2 aromatic rings. The maximum absolute atomic E-state index is 13.0. The summed E-state index contributed by atoms with van der Waals surface area (Å²) in [5.74, 6) is -0.0143. The van der Waals surface area contributed by atoms with E-state index in [0.29, 0.717) is 17.5 Å². The van der Waals surface area contributed by atoms with E-state index < -0.39 is 0 Å². The van der Waals surface area contributed by atoms with Gasteiger partial charge >= 0.3 is 0 Å². The normalized spacial score (nSPS) is 18.6. The minimum Gasteiger partial charge on any atom is -0.396 e. The molecule has 1 saturated heterocycles. The fraction of sp³-hybridized carbons (Fsp3) is 0.474. The van der Waals surface area contributed by atoms with Crippen LogP contribution in [-0.2, 0) is 0 Å². The molecular weight excluding hydrogens is 304 g/mol. The molecule has 2 N–H and O–H groups in total. The predicted octanol–water partition coefficient (Wildman–Crippen LogP) is 2.60. The second-order valence-electron chi connectivity index (χ2n) is 6.59. The lowest BCUT2D eigenvalue weighted by molar-refractivity contribution is 0.0654. The molecule has 1 atom stereocenters. The molecule has 5 heteroatoms. The molecule has 0 aliphatic carbocycles. The van der Waals surface area contributed by atoms with Gasteiger partial charge in [-0.3, -0.25) is 9.59 Å². The summed E-state index contributed by atoms with van der Waals surface area (Å²) in [6.07, 6.45) is 4.77. The van der Waals surface area contributed by atoms with Gasteiger partial charge < -0.3 is 15.0 Å². The molecule has 128 valence electrons. The molecule has 0 saturated carbocycles. The topological polar surface area (TPSA) is 73.4 Å². The number of benzene rings is 1. The molecule has 2 heterocycles. The van der Waals surface area contributed by atoms with Gasteiger partial charge in [0.15, 0.2) is 0 Å². The van der Waals surface area contributed by atoms with Gasteiger partial charge in [0, 0.05) is 41.7 Å². The van der Waals surface area contributed by atoms with E-state index in [9.17, 15) is 14.7 Å². The van der Waals surface area contributed by atoms with Crippen LogP contribution in [0.5, 0.6) is 0 Å². The Morgan fingerprint density at radius 2 is 2.12 bits per heavy atom. The largest absolute Gasteiger partial charge is 0.396 e. The zero-order valence-electron chi connectivity index (χ0n) is 14.0. The van der Waals surface area contributed by atoms with Gasteiger partial charge in [0.25, 0.3) is 5.91 Å². The number of aromatic nitrogens is 1. The van der Waals surface area contributed by atoms with Crippen LogP contribution in [0.4, 0.5) is 0 Å². The van der Waals surface area contributed by atoms with Crippen LogP contribution in [0.2, 0.25) is 0 Å². The average molecular weight is 328 g/mol. The maximum Gasteiger partial charge on any atom is 0.254 e. The van der Waals surface area contributed by atoms with Crippen molar-refractivity contribution in [2.45, 2.75) is 45.1 Å². The molecule has 0 bridgehead atoms. The van der Waals surface area contributed by atoms with Crippen molar-refractivity contribution in [3.8, 4) is 0 Å². The number of carbonyl (C=O) groups excluding carboxylic acids is 1. The first-order chi connectivity index (χ1) is 11.6. The van der Waals surface area contributed by atoms with Crippen LogP contribution in [0.3, 0.4) is 0 Å². The van der Waals surface area contributed by atoms with Gasteiger partial charge in [0.1, 0.15) is 0 Å². The number of hydrogen-bond donors (Lipinski definition) is 2. The van der Waals surface area contributed by atoms with E-state index in [1.54, 1.807) is 12.1 Å². The quantitative estimate of drug-likeness (QED) is 0.909. The van der Waals surface area contributed by atoms with Crippen molar-refractivity contribution in [1.82, 2.24) is 9.88 Å². The number of pyridine rings is 1. The lowest BCUT2D eigenvalue weighted by Crippen LogP contribution is -2.40. The van der Waals surface area contributed by atoms with Gasteiger partial charge in [-0.25, -0.2) is 0 Å². The van der Waals surface area contributed by atoms with Gasteiger partial charge in [-0.05, 0) is 43.9 Å². The number of fused-ring (bicyclic) bond motifs is 1. The lowest BCUT2D eigenvalue weighted by atomic mass is 10.0. The Morgan fingerprint density at radius 3 is 2.92 bits per heavy atom. The Morgan fingerprint density at radius 1 is 1.29 bits per heavy atom. The number of H-pyrrole nitrogens is 1. The van der Waals surface area contributed by atoms with Gasteiger partial charge in [0.2, 0.25) is 5.56 Å². The fourth-order valence-electron chi connectivity index (χ4n) is 3.63. The number of aliphatic hydroxyl groups excluding tert-OH is 1. The van der Waals surface area contributed by atoms with Crippen LogP contribution < -0.4 is 5.56 Å². The number of nitrogens with zero attached hydrogens (tertiary/aromatic N) is 1. The minimum absolute atomic E-state index is 0.0143. The smallest absolute Gasteiger partial charge is 0.254 e. The van der Waals surface area contributed by atoms with E-state index in [0.717, 1.165) is 43.2 Å². The van der Waals surface area contributed by atoms with Crippen molar-refractivity contribution in [2.75, 3.05) is 13.2 Å². The summed E-state index contributed by atoms with van der Waals surface area (Å²) in [7, 11) is 0. The van der Waals surface area contributed by atoms with Crippen LogP contribution in [0.25, 0.3) is 10.9 Å². The van der Waals surface area contributed by atoms with E-state index in [-0.39, 0.29) is 24.1 Å². The SMILES string of the molecule is Cc1cc(=O)[nH]c2cc(C(=O)N3CCCCCC3CCO)ccc12. The minimum atomic E-state index is -0.155. The first-order valence-corrected chi connectivity index (χ1v) is 8.65. The third-order valence-electron chi connectivity index (χ3n) is 4.90. The summed E-state index contributed by atoms with van der Waals surface area (Å²) in [6, 6.07) is 7.16. The van der Waals surface area contributed by atoms with Crippen LogP contribution in [0.1, 0.15) is 48.0 Å². The molecule has 0 spiro atoms. The monoisotopic (exact) mass is 328 g/mol. The van der Waals surface area contributed by atoms with E-state index in [1.807, 2.05) is 24.0 Å². The predicted molar refractivity (Wildman–Crippen MR) is 94.3 cm³/mol. The number of aromatic amines is 1. The van der Waals surface area contributed by atoms with E-state index in [2.05, 4.69) is 4.98 Å². The van der Waals surface area contributed by atoms with Gasteiger partial charge in [-0.15, -0.1) is 0 Å². The second kappa shape index (κ2) is 7.18. The first kappa shape index (κ1) is 16.7. The summed E-state index contributed by atoms with van der Waals surface area (Å²) in [5.41, 5.74) is 2.03. The van der Waals surface area contributed by atoms with Crippen LogP contribution >= 0.6 is 0 Å². The molecule has 3 rings (SSSR count). The molecule has 24 heavy (non-hydrogen) atoms. The van der Waals surface area contributed by atoms with Crippen molar-refractivity contribution in [1.29, 1.82) is 0 Å². The van der Waals surface area contributed by atoms with Crippen LogP contribution in [0, 0.1) is 6.92 Å². The van der Waals surface area contributed by atoms with Crippen LogP contribution in [0.15, 0.2) is 29.1 Å². The summed E-state index contributed by atoms with van der Waals surface area (Å²) >= 11 is 0. The molecule has 1 aromatic heterocycles. The summed E-state index contributed by atoms with van der Waals surface area (Å²) < 4.78 is 0. The van der Waals surface area contributed by atoms with Crippen LogP contribution in [-0.4, -0.2) is 40.1 Å². The highest BCUT2D eigenvalue weighted by Crippen LogP contribution is 2.23. The van der Waals surface area contributed by atoms with Crippen molar-refractivity contribution in [3.63, 3.8) is 0 Å². The van der Waals surface area contributed by atoms with E-state index >= 15 is 0 Å². The average Bonchev–Trinajstić information content (AvgIpc) is 2.79. The Bertz CT molecular complexity index is 797. The van der Waals surface area contributed by atoms with Gasteiger partial charge in [0.05, 0.1) is 0 Å². The summed E-state index contributed by atoms with van der Waals surface area (Å²) in [4.78, 5) is 29.4. The summed E-state index contributed by atoms with van der Waals surface area (Å²) in [6.45, 7) is 2.72. The van der Waals surface area contributed by atoms with Gasteiger partial charge in [-0.2, -0.15) is 0 Å². The molecule has 1 aromatic carbocycles. The molecule has 1 fully saturated rings. The molecule has 0 radical (unpaired) electrons. The highest BCUT2D eigenvalue weighted by molar-refractivity contribution is 5.98. The zero-order valence-corrected chi connectivity index (χ0v) is 14.0. The Labute approximate surface area is 141 Å². The third kappa shape index (κ3) is 3.36. The fourth-order valence-corrected chi connectivity index (χ4v) is 3.63. The lowest BCUT2D eigenvalue weighted by Gasteiger charge is -2.30. The number of hydrogen-bond acceptors (Lipinski definition) is 3. The zero-order chi connectivity index (χ0) is 17.1. The summed E-state index contributed by atoms with van der Waals surface area (Å²) in [5, 5.41) is 10.3. The van der Waals surface area contributed by atoms with Crippen molar-refractivity contribution in [2.24, 2.45) is 0 Å². The number of carbonyl (C=O) groups is 1. The Balaban J connectivity index is 1.95. The first-order valence-electron chi connectivity index (χ1n) is 8.65. The Hall–Kier alpha value is -2.14. The molecule has 1 aliphatic heterocycles. The number of likely N-dealkylation sites (tertiary alicyclic amines) is 1. The molecule has 1 aliphatic rings. The third-order valence-corrected chi connectivity index (χ3v) is 4.90. The maximum atomic E-state index is 13.0. The molecule has 1 unspecified atom stereocenters. The number of aryl methyl sites for hydroxylation is 1. The molecule has 1 amide bonds. The molecular formula is C19H24N2O3.